The maximum atomic E-state index is 12.3. The molecule has 0 saturated carbocycles. The molecule has 6 heteroatoms. The lowest BCUT2D eigenvalue weighted by Crippen LogP contribution is -2.42. The Morgan fingerprint density at radius 1 is 1.18 bits per heavy atom. The molecule has 3 rings (SSSR count). The van der Waals surface area contributed by atoms with Gasteiger partial charge in [-0.1, -0.05) is 18.2 Å². The zero-order valence-corrected chi connectivity index (χ0v) is 17.4. The molecule has 0 bridgehead atoms. The summed E-state index contributed by atoms with van der Waals surface area (Å²) in [5.41, 5.74) is 1.64. The van der Waals surface area contributed by atoms with E-state index in [1.165, 1.54) is 0 Å². The van der Waals surface area contributed by atoms with Gasteiger partial charge in [0.2, 0.25) is 0 Å². The van der Waals surface area contributed by atoms with Crippen LogP contribution in [-0.2, 0) is 4.74 Å². The highest BCUT2D eigenvalue weighted by molar-refractivity contribution is 6.05. The number of aromatic nitrogens is 1. The lowest BCUT2D eigenvalue weighted by Gasteiger charge is -2.36. The van der Waals surface area contributed by atoms with Crippen molar-refractivity contribution in [2.75, 3.05) is 13.1 Å². The molecule has 0 aliphatic carbocycles. The van der Waals surface area contributed by atoms with E-state index in [1.54, 1.807) is 4.90 Å². The van der Waals surface area contributed by atoms with Gasteiger partial charge in [0, 0.05) is 35.7 Å². The number of ether oxygens (including phenoxy) is 1. The van der Waals surface area contributed by atoms with Crippen molar-refractivity contribution >= 4 is 23.0 Å². The lowest BCUT2D eigenvalue weighted by molar-refractivity contribution is 0.0165. The molecule has 0 spiro atoms. The summed E-state index contributed by atoms with van der Waals surface area (Å²) < 4.78 is 7.64. The van der Waals surface area contributed by atoms with E-state index in [0.29, 0.717) is 24.6 Å². The third kappa shape index (κ3) is 3.86. The van der Waals surface area contributed by atoms with Gasteiger partial charge in [-0.25, -0.2) is 9.59 Å². The van der Waals surface area contributed by atoms with E-state index in [-0.39, 0.29) is 12.1 Å². The number of carboxylic acids is 1. The van der Waals surface area contributed by atoms with E-state index >= 15 is 0 Å². The van der Waals surface area contributed by atoms with E-state index in [1.807, 2.05) is 52.0 Å². The summed E-state index contributed by atoms with van der Waals surface area (Å²) in [6.45, 7) is 11.0. The number of nitrogens with zero attached hydrogens (tertiary/aromatic N) is 2. The van der Waals surface area contributed by atoms with Crippen LogP contribution < -0.4 is 0 Å². The minimum Gasteiger partial charge on any atom is -0.478 e. The molecule has 1 fully saturated rings. The van der Waals surface area contributed by atoms with Crippen molar-refractivity contribution < 1.29 is 19.4 Å². The van der Waals surface area contributed by atoms with Gasteiger partial charge in [-0.2, -0.15) is 0 Å². The van der Waals surface area contributed by atoms with Crippen LogP contribution in [0.2, 0.25) is 0 Å². The number of carbonyl (C=O) groups excluding carboxylic acids is 1. The SMILES string of the molecule is Cc1c(C(=O)O)c2ccccc2n1[C@H](C)C1CCN(C(=O)OC(C)(C)C)CC1. The summed E-state index contributed by atoms with van der Waals surface area (Å²) >= 11 is 0. The van der Waals surface area contributed by atoms with Gasteiger partial charge in [-0.3, -0.25) is 0 Å². The van der Waals surface area contributed by atoms with E-state index in [9.17, 15) is 14.7 Å². The van der Waals surface area contributed by atoms with Crippen molar-refractivity contribution in [3.63, 3.8) is 0 Å². The molecule has 1 aliphatic rings. The zero-order chi connectivity index (χ0) is 20.6. The predicted molar refractivity (Wildman–Crippen MR) is 109 cm³/mol. The van der Waals surface area contributed by atoms with Gasteiger partial charge in [0.05, 0.1) is 5.56 Å². The number of amides is 1. The molecular formula is C22H30N2O4. The van der Waals surface area contributed by atoms with Crippen LogP contribution in [0.3, 0.4) is 0 Å². The van der Waals surface area contributed by atoms with Gasteiger partial charge in [-0.15, -0.1) is 0 Å². The van der Waals surface area contributed by atoms with Crippen molar-refractivity contribution in [2.45, 2.75) is 59.1 Å². The van der Waals surface area contributed by atoms with Crippen LogP contribution in [0, 0.1) is 12.8 Å². The van der Waals surface area contributed by atoms with E-state index < -0.39 is 11.6 Å². The molecular weight excluding hydrogens is 356 g/mol. The molecule has 152 valence electrons. The highest BCUT2D eigenvalue weighted by Crippen LogP contribution is 2.35. The second-order valence-corrected chi connectivity index (χ2v) is 8.70. The second-order valence-electron chi connectivity index (χ2n) is 8.70. The standard InChI is InChI=1S/C22H30N2O4/c1-14(16-10-12-23(13-11-16)21(27)28-22(3,4)5)24-15(2)19(20(25)26)17-8-6-7-9-18(17)24/h6-9,14,16H,10-13H2,1-5H3,(H,25,26)/t14-/m1/s1. The van der Waals surface area contributed by atoms with E-state index in [4.69, 9.17) is 4.74 Å². The topological polar surface area (TPSA) is 71.8 Å². The number of aromatic carboxylic acids is 1. The second kappa shape index (κ2) is 7.49. The quantitative estimate of drug-likeness (QED) is 0.818. The summed E-state index contributed by atoms with van der Waals surface area (Å²) in [5, 5.41) is 10.5. The fourth-order valence-corrected chi connectivity index (χ4v) is 4.29. The Morgan fingerprint density at radius 3 is 2.36 bits per heavy atom. The number of carbonyl (C=O) groups is 2. The number of likely N-dealkylation sites (tertiary alicyclic amines) is 1. The summed E-state index contributed by atoms with van der Waals surface area (Å²) in [6, 6.07) is 7.84. The summed E-state index contributed by atoms with van der Waals surface area (Å²) in [6.07, 6.45) is 1.48. The molecule has 1 aromatic carbocycles. The highest BCUT2D eigenvalue weighted by Gasteiger charge is 2.31. The van der Waals surface area contributed by atoms with Crippen LogP contribution in [0.25, 0.3) is 10.9 Å². The van der Waals surface area contributed by atoms with E-state index in [0.717, 1.165) is 29.4 Å². The molecule has 0 unspecified atom stereocenters. The lowest BCUT2D eigenvalue weighted by atomic mass is 9.90. The number of hydrogen-bond acceptors (Lipinski definition) is 3. The first-order valence-electron chi connectivity index (χ1n) is 9.91. The minimum absolute atomic E-state index is 0.152. The molecule has 0 radical (unpaired) electrons. The van der Waals surface area contributed by atoms with Gasteiger partial charge in [0.1, 0.15) is 5.60 Å². The average Bonchev–Trinajstić information content (AvgIpc) is 2.91. The van der Waals surface area contributed by atoms with Crippen molar-refractivity contribution in [1.82, 2.24) is 9.47 Å². The highest BCUT2D eigenvalue weighted by atomic mass is 16.6. The molecule has 1 aromatic heterocycles. The van der Waals surface area contributed by atoms with Crippen LogP contribution in [0.1, 0.15) is 62.6 Å². The maximum Gasteiger partial charge on any atom is 0.410 e. The monoisotopic (exact) mass is 386 g/mol. The molecule has 1 N–H and O–H groups in total. The number of piperidine rings is 1. The van der Waals surface area contributed by atoms with Crippen LogP contribution in [0.4, 0.5) is 4.79 Å². The van der Waals surface area contributed by atoms with Crippen molar-refractivity contribution in [1.29, 1.82) is 0 Å². The number of carboxylic acid groups (broad SMARTS) is 1. The molecule has 28 heavy (non-hydrogen) atoms. The Balaban J connectivity index is 1.80. The van der Waals surface area contributed by atoms with Gasteiger partial charge in [0.15, 0.2) is 0 Å². The third-order valence-corrected chi connectivity index (χ3v) is 5.65. The van der Waals surface area contributed by atoms with Gasteiger partial charge in [0.25, 0.3) is 0 Å². The van der Waals surface area contributed by atoms with Crippen LogP contribution in [-0.4, -0.2) is 45.3 Å². The zero-order valence-electron chi connectivity index (χ0n) is 17.4. The molecule has 1 saturated heterocycles. The Kier molecular flexibility index (Phi) is 5.41. The molecule has 6 nitrogen and oxygen atoms in total. The summed E-state index contributed by atoms with van der Waals surface area (Å²) in [4.78, 5) is 25.9. The largest absolute Gasteiger partial charge is 0.478 e. The molecule has 2 heterocycles. The Labute approximate surface area is 166 Å². The van der Waals surface area contributed by atoms with Crippen LogP contribution >= 0.6 is 0 Å². The van der Waals surface area contributed by atoms with Gasteiger partial charge in [-0.05, 0) is 59.4 Å². The van der Waals surface area contributed by atoms with E-state index in [2.05, 4.69) is 11.5 Å². The molecule has 1 atom stereocenters. The van der Waals surface area contributed by atoms with Crippen LogP contribution in [0.5, 0.6) is 0 Å². The van der Waals surface area contributed by atoms with Crippen molar-refractivity contribution in [2.24, 2.45) is 5.92 Å². The Morgan fingerprint density at radius 2 is 1.79 bits per heavy atom. The maximum absolute atomic E-state index is 12.3. The first-order chi connectivity index (χ1) is 13.1. The molecule has 1 aliphatic heterocycles. The van der Waals surface area contributed by atoms with Gasteiger partial charge >= 0.3 is 12.1 Å². The predicted octanol–water partition coefficient (Wildman–Crippen LogP) is 4.86. The van der Waals surface area contributed by atoms with Crippen LogP contribution in [0.15, 0.2) is 24.3 Å². The first kappa shape index (κ1) is 20.2. The summed E-state index contributed by atoms with van der Waals surface area (Å²) in [5.74, 6) is -0.519. The number of benzene rings is 1. The normalized spacial score (nSPS) is 17.0. The first-order valence-corrected chi connectivity index (χ1v) is 9.91. The average molecular weight is 386 g/mol. The molecule has 1 amide bonds. The Hall–Kier alpha value is -2.50. The smallest absolute Gasteiger partial charge is 0.410 e. The third-order valence-electron chi connectivity index (χ3n) is 5.65. The molecule has 2 aromatic rings. The fourth-order valence-electron chi connectivity index (χ4n) is 4.29. The number of rotatable bonds is 3. The Bertz CT molecular complexity index is 886. The number of fused-ring (bicyclic) bond motifs is 1. The summed E-state index contributed by atoms with van der Waals surface area (Å²) in [7, 11) is 0. The van der Waals surface area contributed by atoms with Crippen molar-refractivity contribution in [3.05, 3.63) is 35.5 Å². The van der Waals surface area contributed by atoms with Gasteiger partial charge < -0.3 is 19.3 Å². The fraction of sp³-hybridized carbons (Fsp3) is 0.545. The minimum atomic E-state index is -0.889. The number of para-hydroxylation sites is 1. The number of hydrogen-bond donors (Lipinski definition) is 1. The van der Waals surface area contributed by atoms with Crippen molar-refractivity contribution in [3.8, 4) is 0 Å².